The van der Waals surface area contributed by atoms with E-state index in [1.165, 1.54) is 16.1 Å². The fourth-order valence-electron chi connectivity index (χ4n) is 3.98. The smallest absolute Gasteiger partial charge is 0.258 e. The molecule has 0 aliphatic carbocycles. The number of hydrogen-bond acceptors (Lipinski definition) is 4. The van der Waals surface area contributed by atoms with Crippen molar-refractivity contribution in [2.45, 2.75) is 11.8 Å². The van der Waals surface area contributed by atoms with E-state index in [9.17, 15) is 18.5 Å². The summed E-state index contributed by atoms with van der Waals surface area (Å²) in [5.74, 6) is 0. The van der Waals surface area contributed by atoms with Gasteiger partial charge in [0.05, 0.1) is 15.3 Å². The quantitative estimate of drug-likeness (QED) is 0.256. The van der Waals surface area contributed by atoms with Gasteiger partial charge in [0, 0.05) is 29.3 Å². The Morgan fingerprint density at radius 3 is 2.22 bits per heavy atom. The number of nitro benzene ring substituents is 1. The van der Waals surface area contributed by atoms with Gasteiger partial charge in [0.1, 0.15) is 0 Å². The highest BCUT2D eigenvalue weighted by molar-refractivity contribution is 7.90. The van der Waals surface area contributed by atoms with Gasteiger partial charge in [0.2, 0.25) is 0 Å². The van der Waals surface area contributed by atoms with Crippen LogP contribution in [0.4, 0.5) is 5.69 Å². The molecule has 0 unspecified atom stereocenters. The van der Waals surface area contributed by atoms with Crippen molar-refractivity contribution in [3.63, 3.8) is 0 Å². The first-order valence-electron chi connectivity index (χ1n) is 9.96. The Morgan fingerprint density at radius 1 is 0.844 bits per heavy atom. The number of fused-ring (bicyclic) bond motifs is 3. The van der Waals surface area contributed by atoms with Gasteiger partial charge in [-0.3, -0.25) is 10.1 Å². The largest absolute Gasteiger partial charge is 0.269 e. The summed E-state index contributed by atoms with van der Waals surface area (Å²) < 4.78 is 28.4. The van der Waals surface area contributed by atoms with Crippen LogP contribution < -0.4 is 0 Å². The van der Waals surface area contributed by atoms with Crippen LogP contribution in [0.25, 0.3) is 32.8 Å². The Hall–Kier alpha value is -3.97. The van der Waals surface area contributed by atoms with Crippen LogP contribution in [-0.2, 0) is 10.0 Å². The third-order valence-corrected chi connectivity index (χ3v) is 7.31. The summed E-state index contributed by atoms with van der Waals surface area (Å²) in [5.41, 5.74) is 2.91. The third kappa shape index (κ3) is 3.14. The molecular weight excluding hydrogens is 424 g/mol. The Bertz CT molecular complexity index is 1600. The predicted octanol–water partition coefficient (Wildman–Crippen LogP) is 5.92. The molecule has 32 heavy (non-hydrogen) atoms. The van der Waals surface area contributed by atoms with Crippen molar-refractivity contribution in [2.75, 3.05) is 0 Å². The van der Waals surface area contributed by atoms with Gasteiger partial charge in [-0.15, -0.1) is 0 Å². The summed E-state index contributed by atoms with van der Waals surface area (Å²) in [6.45, 7) is 1.90. The zero-order valence-corrected chi connectivity index (χ0v) is 17.9. The minimum atomic E-state index is -3.85. The standard InChI is InChI=1S/C25H18N2O4S/c1-17-6-13-21(14-7-17)32(30,31)26-16-23(19-8-11-20(12-9-19)27(28)29)25-22-5-3-2-4-18(22)10-15-24(25)26/h2-16H,1H3. The normalized spacial score (nSPS) is 11.8. The van der Waals surface area contributed by atoms with Crippen LogP contribution in [0.5, 0.6) is 0 Å². The molecule has 1 aromatic heterocycles. The summed E-state index contributed by atoms with van der Waals surface area (Å²) in [5, 5.41) is 13.8. The van der Waals surface area contributed by atoms with Crippen molar-refractivity contribution in [2.24, 2.45) is 0 Å². The molecule has 0 fully saturated rings. The molecule has 0 N–H and O–H groups in total. The van der Waals surface area contributed by atoms with Gasteiger partial charge in [-0.05, 0) is 53.6 Å². The fraction of sp³-hybridized carbons (Fsp3) is 0.0400. The second-order valence-corrected chi connectivity index (χ2v) is 9.46. The van der Waals surface area contributed by atoms with Crippen LogP contribution in [0.1, 0.15) is 5.56 Å². The van der Waals surface area contributed by atoms with E-state index < -0.39 is 14.9 Å². The molecular formula is C25H18N2O4S. The lowest BCUT2D eigenvalue weighted by atomic mass is 9.99. The summed E-state index contributed by atoms with van der Waals surface area (Å²) in [6, 6.07) is 24.4. The van der Waals surface area contributed by atoms with Crippen molar-refractivity contribution >= 4 is 37.4 Å². The predicted molar refractivity (Wildman–Crippen MR) is 125 cm³/mol. The number of rotatable bonds is 4. The van der Waals surface area contributed by atoms with E-state index in [1.807, 2.05) is 37.3 Å². The van der Waals surface area contributed by atoms with Crippen LogP contribution >= 0.6 is 0 Å². The molecule has 0 amide bonds. The Labute approximate surface area is 184 Å². The first-order valence-corrected chi connectivity index (χ1v) is 11.4. The number of aryl methyl sites for hydroxylation is 1. The minimum Gasteiger partial charge on any atom is -0.258 e. The summed E-state index contributed by atoms with van der Waals surface area (Å²) >= 11 is 0. The first-order chi connectivity index (χ1) is 15.4. The Morgan fingerprint density at radius 2 is 1.53 bits per heavy atom. The van der Waals surface area contributed by atoms with Crippen molar-refractivity contribution in [1.82, 2.24) is 3.97 Å². The second kappa shape index (κ2) is 7.32. The van der Waals surface area contributed by atoms with Crippen LogP contribution in [0.15, 0.2) is 96.0 Å². The van der Waals surface area contributed by atoms with E-state index in [4.69, 9.17) is 0 Å². The molecule has 0 aliphatic rings. The number of aromatic nitrogens is 1. The monoisotopic (exact) mass is 442 g/mol. The molecule has 5 rings (SSSR count). The number of nitrogens with zero attached hydrogens (tertiary/aromatic N) is 2. The number of benzene rings is 4. The van der Waals surface area contributed by atoms with Gasteiger partial charge >= 0.3 is 0 Å². The number of hydrogen-bond donors (Lipinski definition) is 0. The third-order valence-electron chi connectivity index (χ3n) is 5.63. The maximum atomic E-state index is 13.6. The molecule has 6 nitrogen and oxygen atoms in total. The molecule has 0 spiro atoms. The van der Waals surface area contributed by atoms with Gasteiger partial charge in [-0.1, -0.05) is 48.0 Å². The minimum absolute atomic E-state index is 0.0189. The van der Waals surface area contributed by atoms with Crippen molar-refractivity contribution < 1.29 is 13.3 Å². The van der Waals surface area contributed by atoms with Gasteiger partial charge < -0.3 is 0 Å². The van der Waals surface area contributed by atoms with Crippen LogP contribution in [-0.4, -0.2) is 17.3 Å². The van der Waals surface area contributed by atoms with E-state index in [0.29, 0.717) is 16.6 Å². The molecule has 0 radical (unpaired) electrons. The van der Waals surface area contributed by atoms with E-state index in [-0.39, 0.29) is 10.6 Å². The molecule has 1 heterocycles. The molecule has 158 valence electrons. The topological polar surface area (TPSA) is 82.2 Å². The van der Waals surface area contributed by atoms with E-state index in [1.54, 1.807) is 48.7 Å². The molecule has 5 aromatic rings. The SMILES string of the molecule is Cc1ccc(S(=O)(=O)n2cc(-c3ccc([N+](=O)[O-])cc3)c3c4ccccc4ccc32)cc1. The Kier molecular flexibility index (Phi) is 4.56. The highest BCUT2D eigenvalue weighted by Gasteiger charge is 2.23. The van der Waals surface area contributed by atoms with Crippen LogP contribution in [0.2, 0.25) is 0 Å². The molecule has 0 bridgehead atoms. The molecule has 0 atom stereocenters. The number of non-ortho nitro benzene ring substituents is 1. The second-order valence-electron chi connectivity index (χ2n) is 7.64. The first kappa shape index (κ1) is 20.0. The fourth-order valence-corrected chi connectivity index (χ4v) is 5.34. The van der Waals surface area contributed by atoms with Gasteiger partial charge in [0.15, 0.2) is 0 Å². The van der Waals surface area contributed by atoms with Gasteiger partial charge in [-0.2, -0.15) is 0 Å². The average molecular weight is 442 g/mol. The van der Waals surface area contributed by atoms with E-state index in [2.05, 4.69) is 0 Å². The lowest BCUT2D eigenvalue weighted by molar-refractivity contribution is -0.384. The Balaban J connectivity index is 1.83. The molecule has 4 aromatic carbocycles. The van der Waals surface area contributed by atoms with E-state index in [0.717, 1.165) is 21.7 Å². The maximum absolute atomic E-state index is 13.6. The summed E-state index contributed by atoms with van der Waals surface area (Å²) in [6.07, 6.45) is 1.60. The van der Waals surface area contributed by atoms with Gasteiger partial charge in [-0.25, -0.2) is 12.4 Å². The molecule has 0 aliphatic heterocycles. The van der Waals surface area contributed by atoms with Crippen LogP contribution in [0.3, 0.4) is 0 Å². The zero-order valence-electron chi connectivity index (χ0n) is 17.1. The van der Waals surface area contributed by atoms with E-state index >= 15 is 0 Å². The van der Waals surface area contributed by atoms with Crippen LogP contribution in [0, 0.1) is 17.0 Å². The highest BCUT2D eigenvalue weighted by atomic mass is 32.2. The lowest BCUT2D eigenvalue weighted by Gasteiger charge is -2.08. The molecule has 0 saturated heterocycles. The van der Waals surface area contributed by atoms with Crippen molar-refractivity contribution in [3.05, 3.63) is 107 Å². The summed E-state index contributed by atoms with van der Waals surface area (Å²) in [7, 11) is -3.85. The zero-order chi connectivity index (χ0) is 22.5. The van der Waals surface area contributed by atoms with Crippen molar-refractivity contribution in [3.8, 4) is 11.1 Å². The van der Waals surface area contributed by atoms with Gasteiger partial charge in [0.25, 0.3) is 15.7 Å². The molecule has 7 heteroatoms. The lowest BCUT2D eigenvalue weighted by Crippen LogP contribution is -2.11. The maximum Gasteiger partial charge on any atom is 0.269 e. The average Bonchev–Trinajstić information content (AvgIpc) is 3.20. The summed E-state index contributed by atoms with van der Waals surface area (Å²) in [4.78, 5) is 10.8. The highest BCUT2D eigenvalue weighted by Crippen LogP contribution is 2.38. The molecule has 0 saturated carbocycles. The number of nitro groups is 1. The van der Waals surface area contributed by atoms with Crippen molar-refractivity contribution in [1.29, 1.82) is 0 Å².